The van der Waals surface area contributed by atoms with Crippen molar-refractivity contribution in [3.8, 4) is 0 Å². The number of hydrogen-bond acceptors (Lipinski definition) is 5. The molecule has 2 aromatic heterocycles. The van der Waals surface area contributed by atoms with Crippen molar-refractivity contribution in [2.24, 2.45) is 0 Å². The van der Waals surface area contributed by atoms with Gasteiger partial charge in [-0.1, -0.05) is 24.3 Å². The molecule has 2 aliphatic rings. The van der Waals surface area contributed by atoms with Crippen LogP contribution in [-0.4, -0.2) is 66.0 Å². The Morgan fingerprint density at radius 2 is 1.67 bits per heavy atom. The van der Waals surface area contributed by atoms with Gasteiger partial charge in [0, 0.05) is 50.7 Å². The normalized spacial score (nSPS) is 18.8. The second-order valence-corrected chi connectivity index (χ2v) is 8.57. The number of fused-ring (bicyclic) bond motifs is 1. The monoisotopic (exact) mass is 458 g/mol. The molecule has 0 unspecified atom stereocenters. The van der Waals surface area contributed by atoms with Crippen molar-refractivity contribution in [2.75, 3.05) is 44.2 Å². The molecule has 0 radical (unpaired) electrons. The number of likely N-dealkylation sites (tertiary alicyclic amines) is 1. The molecule has 5 rings (SSSR count). The quantitative estimate of drug-likeness (QED) is 0.587. The smallest absolute Gasteiger partial charge is 0.433 e. The van der Waals surface area contributed by atoms with Crippen molar-refractivity contribution in [1.82, 2.24) is 14.8 Å². The molecule has 33 heavy (non-hydrogen) atoms. The Bertz CT molecular complexity index is 1100. The van der Waals surface area contributed by atoms with E-state index in [0.717, 1.165) is 37.4 Å². The minimum Gasteiger partial charge on any atom is -0.451 e. The van der Waals surface area contributed by atoms with E-state index in [1.54, 1.807) is 12.1 Å². The van der Waals surface area contributed by atoms with E-state index in [0.29, 0.717) is 49.4 Å². The summed E-state index contributed by atoms with van der Waals surface area (Å²) in [6.07, 6.45) is -2.70. The number of carbonyl (C=O) groups excluding carboxylic acids is 1. The van der Waals surface area contributed by atoms with Crippen molar-refractivity contribution in [3.63, 3.8) is 0 Å². The zero-order valence-corrected chi connectivity index (χ0v) is 18.1. The fourth-order valence-corrected chi connectivity index (χ4v) is 4.75. The molecule has 0 N–H and O–H groups in total. The molecule has 0 atom stereocenters. The molecule has 9 heteroatoms. The summed E-state index contributed by atoms with van der Waals surface area (Å²) in [4.78, 5) is 22.8. The summed E-state index contributed by atoms with van der Waals surface area (Å²) in [7, 11) is 0. The molecule has 2 fully saturated rings. The maximum atomic E-state index is 13.0. The molecule has 2 aliphatic heterocycles. The highest BCUT2D eigenvalue weighted by molar-refractivity contribution is 5.96. The van der Waals surface area contributed by atoms with Gasteiger partial charge in [0.15, 0.2) is 5.76 Å². The Hall–Kier alpha value is -3.07. The number of pyridine rings is 1. The molecule has 1 aromatic carbocycles. The van der Waals surface area contributed by atoms with Crippen LogP contribution in [0.4, 0.5) is 19.0 Å². The lowest BCUT2D eigenvalue weighted by Crippen LogP contribution is -2.54. The van der Waals surface area contributed by atoms with E-state index in [-0.39, 0.29) is 5.91 Å². The third kappa shape index (κ3) is 4.55. The molecule has 2 saturated heterocycles. The number of furan rings is 1. The lowest BCUT2D eigenvalue weighted by atomic mass is 10.0. The van der Waals surface area contributed by atoms with Crippen LogP contribution in [0.5, 0.6) is 0 Å². The molecule has 4 heterocycles. The number of hydrogen-bond donors (Lipinski definition) is 0. The summed E-state index contributed by atoms with van der Waals surface area (Å²) < 4.78 is 44.6. The zero-order chi connectivity index (χ0) is 23.0. The van der Waals surface area contributed by atoms with Gasteiger partial charge in [-0.15, -0.1) is 0 Å². The molecule has 3 aromatic rings. The van der Waals surface area contributed by atoms with Crippen LogP contribution >= 0.6 is 0 Å². The maximum Gasteiger partial charge on any atom is 0.433 e. The van der Waals surface area contributed by atoms with Crippen molar-refractivity contribution >= 4 is 22.7 Å². The number of anilines is 1. The van der Waals surface area contributed by atoms with Gasteiger partial charge in [0.05, 0.1) is 0 Å². The first-order valence-electron chi connectivity index (χ1n) is 11.2. The molecule has 0 bridgehead atoms. The second-order valence-electron chi connectivity index (χ2n) is 8.57. The number of benzene rings is 1. The van der Waals surface area contributed by atoms with Crippen LogP contribution in [0.25, 0.3) is 11.0 Å². The average Bonchev–Trinajstić information content (AvgIpc) is 3.28. The highest BCUT2D eigenvalue weighted by Crippen LogP contribution is 2.29. The van der Waals surface area contributed by atoms with Gasteiger partial charge in [-0.05, 0) is 37.1 Å². The van der Waals surface area contributed by atoms with Crippen LogP contribution in [0.15, 0.2) is 52.9 Å². The first-order chi connectivity index (χ1) is 15.9. The largest absolute Gasteiger partial charge is 0.451 e. The number of nitrogens with zero attached hydrogens (tertiary/aromatic N) is 4. The number of rotatable bonds is 3. The van der Waals surface area contributed by atoms with Crippen LogP contribution < -0.4 is 4.90 Å². The van der Waals surface area contributed by atoms with E-state index in [4.69, 9.17) is 4.42 Å². The summed E-state index contributed by atoms with van der Waals surface area (Å²) in [5, 5.41) is 0.920. The first kappa shape index (κ1) is 21.8. The Balaban J connectivity index is 1.14. The lowest BCUT2D eigenvalue weighted by molar-refractivity contribution is -0.141. The summed E-state index contributed by atoms with van der Waals surface area (Å²) in [5.41, 5.74) is -0.146. The number of carbonyl (C=O) groups is 1. The number of aromatic nitrogens is 1. The van der Waals surface area contributed by atoms with E-state index in [2.05, 4.69) is 9.88 Å². The molecule has 0 saturated carbocycles. The van der Waals surface area contributed by atoms with Crippen molar-refractivity contribution < 1.29 is 22.4 Å². The van der Waals surface area contributed by atoms with Gasteiger partial charge >= 0.3 is 6.18 Å². The Kier molecular flexibility index (Phi) is 5.74. The number of halogens is 3. The van der Waals surface area contributed by atoms with Gasteiger partial charge in [0.2, 0.25) is 0 Å². The van der Waals surface area contributed by atoms with E-state index >= 15 is 0 Å². The Morgan fingerprint density at radius 3 is 2.36 bits per heavy atom. The number of alkyl halides is 3. The summed E-state index contributed by atoms with van der Waals surface area (Å²) in [6, 6.07) is 13.8. The van der Waals surface area contributed by atoms with Crippen LogP contribution in [-0.2, 0) is 6.18 Å². The lowest BCUT2D eigenvalue weighted by Gasteiger charge is -2.43. The van der Waals surface area contributed by atoms with E-state index in [9.17, 15) is 18.0 Å². The second kappa shape index (κ2) is 8.70. The number of piperidine rings is 1. The van der Waals surface area contributed by atoms with Crippen LogP contribution in [0.2, 0.25) is 0 Å². The highest BCUT2D eigenvalue weighted by atomic mass is 19.4. The molecule has 0 spiro atoms. The van der Waals surface area contributed by atoms with Gasteiger partial charge in [-0.25, -0.2) is 4.98 Å². The van der Waals surface area contributed by atoms with Gasteiger partial charge in [-0.2, -0.15) is 13.2 Å². The fourth-order valence-electron chi connectivity index (χ4n) is 4.75. The van der Waals surface area contributed by atoms with E-state index in [1.165, 1.54) is 6.07 Å². The van der Waals surface area contributed by atoms with E-state index in [1.807, 2.05) is 34.1 Å². The minimum atomic E-state index is -4.44. The number of amides is 1. The zero-order valence-electron chi connectivity index (χ0n) is 18.1. The highest BCUT2D eigenvalue weighted by Gasteiger charge is 2.34. The van der Waals surface area contributed by atoms with Gasteiger partial charge in [-0.3, -0.25) is 9.69 Å². The van der Waals surface area contributed by atoms with Crippen LogP contribution in [0, 0.1) is 0 Å². The SMILES string of the molecule is O=C(c1cc2ccccc2o1)N1CCC(N2CCN(c3cccc(C(F)(F)F)n3)CC2)CC1. The first-order valence-corrected chi connectivity index (χ1v) is 11.2. The number of piperazine rings is 1. The topological polar surface area (TPSA) is 52.8 Å². The minimum absolute atomic E-state index is 0.0786. The summed E-state index contributed by atoms with van der Waals surface area (Å²) >= 11 is 0. The molecule has 6 nitrogen and oxygen atoms in total. The third-order valence-electron chi connectivity index (χ3n) is 6.57. The van der Waals surface area contributed by atoms with Crippen molar-refractivity contribution in [3.05, 3.63) is 60.0 Å². The average molecular weight is 458 g/mol. The Morgan fingerprint density at radius 1 is 0.939 bits per heavy atom. The van der Waals surface area contributed by atoms with Gasteiger partial charge < -0.3 is 14.2 Å². The molecule has 1 amide bonds. The summed E-state index contributed by atoms with van der Waals surface area (Å²) in [6.45, 7) is 4.12. The maximum absolute atomic E-state index is 13.0. The molecule has 174 valence electrons. The standard InChI is InChI=1S/C24H25F3N4O2/c25-24(26,27)21-6-3-7-22(28-21)30-14-12-29(13-15-30)18-8-10-31(11-9-18)23(32)20-16-17-4-1-2-5-19(17)33-20/h1-7,16,18H,8-15H2. The third-order valence-corrected chi connectivity index (χ3v) is 6.57. The van der Waals surface area contributed by atoms with Crippen LogP contribution in [0.1, 0.15) is 29.1 Å². The van der Waals surface area contributed by atoms with Crippen molar-refractivity contribution in [2.45, 2.75) is 25.1 Å². The number of para-hydroxylation sites is 1. The fraction of sp³-hybridized carbons (Fsp3) is 0.417. The van der Waals surface area contributed by atoms with Crippen molar-refractivity contribution in [1.29, 1.82) is 0 Å². The van der Waals surface area contributed by atoms with Crippen LogP contribution in [0.3, 0.4) is 0 Å². The van der Waals surface area contributed by atoms with E-state index < -0.39 is 11.9 Å². The predicted molar refractivity (Wildman–Crippen MR) is 118 cm³/mol. The van der Waals surface area contributed by atoms with Gasteiger partial charge in [0.1, 0.15) is 17.1 Å². The molecular weight excluding hydrogens is 433 g/mol. The predicted octanol–water partition coefficient (Wildman–Crippen LogP) is 4.27. The Labute approximate surface area is 189 Å². The van der Waals surface area contributed by atoms with Gasteiger partial charge in [0.25, 0.3) is 5.91 Å². The summed E-state index contributed by atoms with van der Waals surface area (Å²) in [5.74, 6) is 0.665. The molecule has 0 aliphatic carbocycles. The molecular formula is C24H25F3N4O2.